The summed E-state index contributed by atoms with van der Waals surface area (Å²) in [4.78, 5) is 30.3. The van der Waals surface area contributed by atoms with E-state index in [1.807, 2.05) is 30.3 Å². The monoisotopic (exact) mass is 477 g/mol. The number of nitrogens with zero attached hydrogens (tertiary/aromatic N) is 5. The van der Waals surface area contributed by atoms with Gasteiger partial charge < -0.3 is 11.1 Å². The van der Waals surface area contributed by atoms with Gasteiger partial charge in [0.25, 0.3) is 5.56 Å². The van der Waals surface area contributed by atoms with Gasteiger partial charge in [-0.25, -0.2) is 19.3 Å². The predicted molar refractivity (Wildman–Crippen MR) is 136 cm³/mol. The molecule has 0 unspecified atom stereocenters. The molecule has 8 nitrogen and oxygen atoms in total. The molecule has 5 aromatic rings. The Kier molecular flexibility index (Phi) is 6.32. The Labute approximate surface area is 205 Å². The molecule has 0 atom stereocenters. The van der Waals surface area contributed by atoms with Gasteiger partial charge in [0.05, 0.1) is 17.4 Å². The number of hydrogen-bond donors (Lipinski definition) is 2. The summed E-state index contributed by atoms with van der Waals surface area (Å²) in [6.07, 6.45) is 4.82. The van der Waals surface area contributed by atoms with Gasteiger partial charge in [-0.15, -0.1) is 0 Å². The molecular formula is C27H20FN7O. The van der Waals surface area contributed by atoms with Crippen molar-refractivity contribution in [2.45, 2.75) is 6.42 Å². The molecule has 0 fully saturated rings. The quantitative estimate of drug-likeness (QED) is 0.374. The first kappa shape index (κ1) is 22.7. The second kappa shape index (κ2) is 10.0. The third-order valence-electron chi connectivity index (χ3n) is 5.44. The van der Waals surface area contributed by atoms with Crippen molar-refractivity contribution in [1.82, 2.24) is 24.5 Å². The zero-order valence-corrected chi connectivity index (χ0v) is 19.0. The van der Waals surface area contributed by atoms with E-state index in [2.05, 4.69) is 37.1 Å². The number of nitrogens with one attached hydrogen (secondary N) is 1. The molecule has 3 aromatic heterocycles. The summed E-state index contributed by atoms with van der Waals surface area (Å²) in [5.74, 6) is 6.64. The molecule has 36 heavy (non-hydrogen) atoms. The molecule has 3 N–H and O–H groups in total. The lowest BCUT2D eigenvalue weighted by Crippen LogP contribution is -2.26. The summed E-state index contributed by atoms with van der Waals surface area (Å²) < 4.78 is 15.9. The largest absolute Gasteiger partial charge is 0.382 e. The van der Waals surface area contributed by atoms with Crippen LogP contribution in [0.25, 0.3) is 16.6 Å². The zero-order chi connectivity index (χ0) is 24.9. The molecule has 2 aromatic carbocycles. The maximum absolute atomic E-state index is 14.5. The summed E-state index contributed by atoms with van der Waals surface area (Å²) in [5, 5.41) is 3.15. The number of fused-ring (bicyclic) bond motifs is 1. The smallest absolute Gasteiger partial charge is 0.269 e. The van der Waals surface area contributed by atoms with Crippen LogP contribution in [-0.2, 0) is 6.42 Å². The lowest BCUT2D eigenvalue weighted by atomic mass is 10.2. The van der Waals surface area contributed by atoms with Crippen LogP contribution in [0.5, 0.6) is 0 Å². The molecule has 0 aliphatic rings. The standard InChI is InChI=1S/C27H20FN7O/c28-21-9-4-10-22-24(21)27(36)35(19-8-5-14-30-16-19)23(34-22)13-15-31-26-20(25(29)32-17-33-26)12-11-18-6-2-1-3-7-18/h1-10,14,16-17H,13,15H2,(H3,29,31,32,33). The second-order valence-electron chi connectivity index (χ2n) is 7.79. The first-order valence-electron chi connectivity index (χ1n) is 11.1. The fourth-order valence-electron chi connectivity index (χ4n) is 3.76. The maximum atomic E-state index is 14.5. The fraction of sp³-hybridized carbons (Fsp3) is 0.0741. The SMILES string of the molecule is Nc1ncnc(NCCc2nc3cccc(F)c3c(=O)n2-c2cccnc2)c1C#Cc1ccccc1. The number of pyridine rings is 1. The van der Waals surface area contributed by atoms with Crippen molar-refractivity contribution in [2.75, 3.05) is 17.6 Å². The van der Waals surface area contributed by atoms with Gasteiger partial charge in [0.1, 0.15) is 40.6 Å². The van der Waals surface area contributed by atoms with E-state index in [-0.39, 0.29) is 16.7 Å². The van der Waals surface area contributed by atoms with E-state index >= 15 is 0 Å². The Balaban J connectivity index is 1.47. The number of aromatic nitrogens is 5. The molecule has 5 rings (SSSR count). The summed E-state index contributed by atoms with van der Waals surface area (Å²) >= 11 is 0. The van der Waals surface area contributed by atoms with Gasteiger partial charge in [0, 0.05) is 24.7 Å². The second-order valence-corrected chi connectivity index (χ2v) is 7.79. The maximum Gasteiger partial charge on any atom is 0.269 e. The van der Waals surface area contributed by atoms with Crippen molar-refractivity contribution in [1.29, 1.82) is 0 Å². The Morgan fingerprint density at radius 1 is 1.00 bits per heavy atom. The normalized spacial score (nSPS) is 10.6. The van der Waals surface area contributed by atoms with Crippen molar-refractivity contribution >= 4 is 22.5 Å². The number of nitrogen functional groups attached to an aromatic ring is 1. The molecule has 3 heterocycles. The summed E-state index contributed by atoms with van der Waals surface area (Å²) in [5.41, 5.74) is 7.66. The highest BCUT2D eigenvalue weighted by molar-refractivity contribution is 5.78. The van der Waals surface area contributed by atoms with E-state index in [9.17, 15) is 9.18 Å². The molecule has 0 amide bonds. The lowest BCUT2D eigenvalue weighted by Gasteiger charge is -2.14. The number of anilines is 2. The van der Waals surface area contributed by atoms with Crippen LogP contribution < -0.4 is 16.6 Å². The van der Waals surface area contributed by atoms with Gasteiger partial charge in [-0.2, -0.15) is 0 Å². The lowest BCUT2D eigenvalue weighted by molar-refractivity contribution is 0.636. The molecule has 0 bridgehead atoms. The van der Waals surface area contributed by atoms with Gasteiger partial charge >= 0.3 is 0 Å². The molecule has 0 spiro atoms. The molecule has 0 aliphatic carbocycles. The van der Waals surface area contributed by atoms with E-state index in [0.29, 0.717) is 35.9 Å². The Morgan fingerprint density at radius 2 is 1.86 bits per heavy atom. The third kappa shape index (κ3) is 4.60. The number of halogens is 1. The van der Waals surface area contributed by atoms with Crippen molar-refractivity contribution in [3.05, 3.63) is 113 Å². The van der Waals surface area contributed by atoms with Crippen LogP contribution in [0, 0.1) is 17.7 Å². The van der Waals surface area contributed by atoms with E-state index in [1.54, 1.807) is 24.4 Å². The first-order valence-corrected chi connectivity index (χ1v) is 11.1. The van der Waals surface area contributed by atoms with Crippen molar-refractivity contribution < 1.29 is 4.39 Å². The van der Waals surface area contributed by atoms with Crippen LogP contribution in [0.2, 0.25) is 0 Å². The number of nitrogens with two attached hydrogens (primary N) is 1. The minimum Gasteiger partial charge on any atom is -0.382 e. The highest BCUT2D eigenvalue weighted by atomic mass is 19.1. The molecule has 176 valence electrons. The molecule has 0 aliphatic heterocycles. The molecule has 9 heteroatoms. The van der Waals surface area contributed by atoms with Gasteiger partial charge in [-0.3, -0.25) is 14.3 Å². The molecule has 0 radical (unpaired) electrons. The first-order chi connectivity index (χ1) is 17.6. The van der Waals surface area contributed by atoms with Gasteiger partial charge in [-0.05, 0) is 36.4 Å². The number of rotatable bonds is 5. The van der Waals surface area contributed by atoms with Crippen molar-refractivity contribution in [3.63, 3.8) is 0 Å². The summed E-state index contributed by atoms with van der Waals surface area (Å²) in [6.45, 7) is 0.351. The van der Waals surface area contributed by atoms with Crippen molar-refractivity contribution in [2.24, 2.45) is 0 Å². The van der Waals surface area contributed by atoms with E-state index in [4.69, 9.17) is 5.73 Å². The Hall–Kier alpha value is -5.10. The average Bonchev–Trinajstić information content (AvgIpc) is 2.89. The Bertz CT molecular complexity index is 1660. The molecule has 0 saturated carbocycles. The topological polar surface area (TPSA) is 112 Å². The van der Waals surface area contributed by atoms with Gasteiger partial charge in [-0.1, -0.05) is 36.1 Å². The van der Waals surface area contributed by atoms with Crippen LogP contribution in [0.3, 0.4) is 0 Å². The number of hydrogen-bond acceptors (Lipinski definition) is 7. The summed E-state index contributed by atoms with van der Waals surface area (Å²) in [7, 11) is 0. The van der Waals surface area contributed by atoms with Crippen LogP contribution in [0.4, 0.5) is 16.0 Å². The minimum absolute atomic E-state index is 0.0693. The molecule has 0 saturated heterocycles. The fourth-order valence-corrected chi connectivity index (χ4v) is 3.76. The van der Waals surface area contributed by atoms with Crippen LogP contribution in [0.1, 0.15) is 17.0 Å². The highest BCUT2D eigenvalue weighted by Gasteiger charge is 2.16. The van der Waals surface area contributed by atoms with Crippen LogP contribution >= 0.6 is 0 Å². The zero-order valence-electron chi connectivity index (χ0n) is 19.0. The molecular weight excluding hydrogens is 457 g/mol. The van der Waals surface area contributed by atoms with E-state index < -0.39 is 11.4 Å². The summed E-state index contributed by atoms with van der Waals surface area (Å²) in [6, 6.07) is 17.3. The van der Waals surface area contributed by atoms with E-state index in [1.165, 1.54) is 29.2 Å². The van der Waals surface area contributed by atoms with E-state index in [0.717, 1.165) is 5.56 Å². The minimum atomic E-state index is -0.620. The highest BCUT2D eigenvalue weighted by Crippen LogP contribution is 2.18. The Morgan fingerprint density at radius 3 is 2.67 bits per heavy atom. The predicted octanol–water partition coefficient (Wildman–Crippen LogP) is 3.35. The third-order valence-corrected chi connectivity index (χ3v) is 5.44. The average molecular weight is 478 g/mol. The van der Waals surface area contributed by atoms with Gasteiger partial charge in [0.2, 0.25) is 0 Å². The number of benzene rings is 2. The van der Waals surface area contributed by atoms with Crippen LogP contribution in [-0.4, -0.2) is 31.0 Å². The van der Waals surface area contributed by atoms with Gasteiger partial charge in [0.15, 0.2) is 0 Å². The van der Waals surface area contributed by atoms with Crippen molar-refractivity contribution in [3.8, 4) is 17.5 Å². The van der Waals surface area contributed by atoms with Crippen LogP contribution in [0.15, 0.2) is 84.2 Å².